The Labute approximate surface area is 274 Å². The molecule has 1 saturated heterocycles. The molecule has 0 saturated carbocycles. The number of pyridine rings is 1. The lowest BCUT2D eigenvalue weighted by atomic mass is 10.0. The fraction of sp³-hybridized carbons (Fsp3) is 0.359. The summed E-state index contributed by atoms with van der Waals surface area (Å²) in [7, 11) is -2.02. The molecular formula is C39H46N2O4Si. The zero-order valence-corrected chi connectivity index (χ0v) is 28.6. The monoisotopic (exact) mass is 634 g/mol. The van der Waals surface area contributed by atoms with Crippen LogP contribution in [0, 0.1) is 0 Å². The van der Waals surface area contributed by atoms with E-state index in [1.807, 2.05) is 66.9 Å². The molecular weight excluding hydrogens is 589 g/mol. The highest BCUT2D eigenvalue weighted by Gasteiger charge is 2.49. The van der Waals surface area contributed by atoms with Gasteiger partial charge in [0.2, 0.25) is 0 Å². The van der Waals surface area contributed by atoms with Gasteiger partial charge in [-0.1, -0.05) is 125 Å². The van der Waals surface area contributed by atoms with Crippen molar-refractivity contribution in [2.45, 2.75) is 83.1 Å². The van der Waals surface area contributed by atoms with Gasteiger partial charge >= 0.3 is 0 Å². The molecule has 2 aromatic heterocycles. The van der Waals surface area contributed by atoms with Crippen LogP contribution in [0.4, 0.5) is 0 Å². The number of aromatic nitrogens is 2. The first-order valence-electron chi connectivity index (χ1n) is 16.3. The molecule has 3 heterocycles. The summed E-state index contributed by atoms with van der Waals surface area (Å²) in [6.45, 7) is 13.6. The molecule has 1 aliphatic rings. The van der Waals surface area contributed by atoms with Gasteiger partial charge in [0.1, 0.15) is 30.1 Å². The molecule has 0 spiro atoms. The number of fused-ring (bicyclic) bond motifs is 1. The van der Waals surface area contributed by atoms with Crippen LogP contribution in [0.2, 0.25) is 18.1 Å². The molecule has 0 aliphatic carbocycles. The van der Waals surface area contributed by atoms with E-state index in [1.165, 1.54) is 0 Å². The zero-order valence-electron chi connectivity index (χ0n) is 27.6. The summed E-state index contributed by atoms with van der Waals surface area (Å²) in [5.74, 6) is 0. The van der Waals surface area contributed by atoms with E-state index in [0.29, 0.717) is 26.4 Å². The summed E-state index contributed by atoms with van der Waals surface area (Å²) in [5.41, 5.74) is 5.43. The third-order valence-electron chi connectivity index (χ3n) is 9.61. The molecule has 5 aromatic rings. The van der Waals surface area contributed by atoms with Crippen LogP contribution in [0.15, 0.2) is 116 Å². The van der Waals surface area contributed by atoms with Crippen molar-refractivity contribution >= 4 is 19.3 Å². The second kappa shape index (κ2) is 14.0. The Morgan fingerprint density at radius 1 is 0.717 bits per heavy atom. The largest absolute Gasteiger partial charge is 0.374 e. The van der Waals surface area contributed by atoms with Gasteiger partial charge < -0.3 is 23.2 Å². The quantitative estimate of drug-likeness (QED) is 0.129. The van der Waals surface area contributed by atoms with E-state index in [2.05, 4.69) is 86.8 Å². The van der Waals surface area contributed by atoms with Crippen molar-refractivity contribution in [2.24, 2.45) is 0 Å². The van der Waals surface area contributed by atoms with Crippen molar-refractivity contribution in [1.29, 1.82) is 0 Å². The molecule has 0 bridgehead atoms. The Morgan fingerprint density at radius 2 is 1.26 bits per heavy atom. The molecule has 7 heteroatoms. The highest BCUT2D eigenvalue weighted by molar-refractivity contribution is 6.79. The highest BCUT2D eigenvalue weighted by atomic mass is 28.3. The molecule has 240 valence electrons. The van der Waals surface area contributed by atoms with Crippen molar-refractivity contribution in [3.8, 4) is 0 Å². The van der Waals surface area contributed by atoms with Crippen LogP contribution >= 0.6 is 0 Å². The molecule has 3 aromatic carbocycles. The van der Waals surface area contributed by atoms with Crippen molar-refractivity contribution in [3.63, 3.8) is 0 Å². The second-order valence-corrected chi connectivity index (χ2v) is 18.9. The normalized spacial score (nSPS) is 20.4. The topological polar surface area (TPSA) is 54.7 Å². The fourth-order valence-electron chi connectivity index (χ4n) is 5.99. The van der Waals surface area contributed by atoms with E-state index >= 15 is 0 Å². The smallest absolute Gasteiger partial charge is 0.163 e. The Hall–Kier alpha value is -3.59. The summed E-state index contributed by atoms with van der Waals surface area (Å²) >= 11 is 0. The molecule has 6 nitrogen and oxygen atoms in total. The van der Waals surface area contributed by atoms with Crippen molar-refractivity contribution < 1.29 is 18.9 Å². The van der Waals surface area contributed by atoms with Gasteiger partial charge in [0.05, 0.1) is 26.4 Å². The number of hydrogen-bond acceptors (Lipinski definition) is 5. The Balaban J connectivity index is 1.37. The van der Waals surface area contributed by atoms with E-state index in [-0.39, 0.29) is 29.5 Å². The maximum Gasteiger partial charge on any atom is 0.163 e. The third-order valence-corrected chi connectivity index (χ3v) is 14.8. The Bertz CT molecular complexity index is 1690. The number of nitrogens with zero attached hydrogens (tertiary/aromatic N) is 2. The predicted octanol–water partition coefficient (Wildman–Crippen LogP) is 8.72. The standard InChI is InChI=1S/C39H46N2O4Si/c1-39(2,3)46(4,5)41-24-33(32-22-15-23-40-38(32)41)35-37(44-27-31-20-13-8-14-21-31)36(43-26-30-18-11-7-12-19-30)34(45-35)28-42-25-29-16-9-6-10-17-29/h6-24,34-37H,25-28H2,1-5H3/t34-,35+,36-,37+/m1/s1. The summed E-state index contributed by atoms with van der Waals surface area (Å²) < 4.78 is 29.4. The van der Waals surface area contributed by atoms with Crippen molar-refractivity contribution in [1.82, 2.24) is 9.22 Å². The van der Waals surface area contributed by atoms with Gasteiger partial charge in [-0.2, -0.15) is 0 Å². The lowest BCUT2D eigenvalue weighted by molar-refractivity contribution is -0.0898. The molecule has 1 aliphatic heterocycles. The van der Waals surface area contributed by atoms with E-state index in [4.69, 9.17) is 23.9 Å². The predicted molar refractivity (Wildman–Crippen MR) is 186 cm³/mol. The number of ether oxygens (including phenoxy) is 4. The number of benzene rings is 3. The SMILES string of the molecule is CC(C)(C)[Si](C)(C)n1cc([C@@H]2O[C@H](COCc3ccccc3)[C@@H](OCc3ccccc3)[C@H]2OCc2ccccc2)c2cccnc21. The minimum absolute atomic E-state index is 0.114. The van der Waals surface area contributed by atoms with Crippen LogP contribution < -0.4 is 0 Å². The molecule has 46 heavy (non-hydrogen) atoms. The summed E-state index contributed by atoms with van der Waals surface area (Å²) in [6.07, 6.45) is 2.76. The van der Waals surface area contributed by atoms with Crippen LogP contribution in [-0.4, -0.2) is 42.4 Å². The molecule has 0 radical (unpaired) electrons. The van der Waals surface area contributed by atoms with E-state index in [1.54, 1.807) is 0 Å². The van der Waals surface area contributed by atoms with Gasteiger partial charge in [-0.05, 0) is 33.9 Å². The van der Waals surface area contributed by atoms with Crippen LogP contribution in [0.3, 0.4) is 0 Å². The van der Waals surface area contributed by atoms with Gasteiger partial charge in [0.15, 0.2) is 8.24 Å². The van der Waals surface area contributed by atoms with Gasteiger partial charge in [-0.25, -0.2) is 4.98 Å². The Morgan fingerprint density at radius 3 is 1.83 bits per heavy atom. The summed E-state index contributed by atoms with van der Waals surface area (Å²) in [5, 5.41) is 1.21. The molecule has 0 unspecified atom stereocenters. The molecule has 0 amide bonds. The van der Waals surface area contributed by atoms with Gasteiger partial charge in [0.25, 0.3) is 0 Å². The number of rotatable bonds is 12. The third kappa shape index (κ3) is 7.04. The van der Waals surface area contributed by atoms with E-state index in [9.17, 15) is 0 Å². The van der Waals surface area contributed by atoms with Crippen LogP contribution in [0.5, 0.6) is 0 Å². The highest BCUT2D eigenvalue weighted by Crippen LogP contribution is 2.44. The zero-order chi connectivity index (χ0) is 32.1. The second-order valence-electron chi connectivity index (χ2n) is 13.8. The van der Waals surface area contributed by atoms with E-state index in [0.717, 1.165) is 33.3 Å². The first-order valence-corrected chi connectivity index (χ1v) is 19.2. The minimum atomic E-state index is -2.02. The molecule has 4 atom stereocenters. The van der Waals surface area contributed by atoms with Gasteiger partial charge in [-0.3, -0.25) is 0 Å². The lowest BCUT2D eigenvalue weighted by Gasteiger charge is -2.38. The van der Waals surface area contributed by atoms with Crippen molar-refractivity contribution in [2.75, 3.05) is 6.61 Å². The number of hydrogen-bond donors (Lipinski definition) is 0. The van der Waals surface area contributed by atoms with Gasteiger partial charge in [-0.15, -0.1) is 0 Å². The average molecular weight is 635 g/mol. The Kier molecular flexibility index (Phi) is 9.87. The summed E-state index contributed by atoms with van der Waals surface area (Å²) in [4.78, 5) is 4.91. The van der Waals surface area contributed by atoms with Crippen molar-refractivity contribution in [3.05, 3.63) is 138 Å². The summed E-state index contributed by atoms with van der Waals surface area (Å²) in [6, 6.07) is 35.0. The maximum absolute atomic E-state index is 7.01. The first-order chi connectivity index (χ1) is 22.2. The minimum Gasteiger partial charge on any atom is -0.374 e. The average Bonchev–Trinajstić information content (AvgIpc) is 3.62. The fourth-order valence-corrected chi connectivity index (χ4v) is 7.89. The first kappa shape index (κ1) is 32.4. The van der Waals surface area contributed by atoms with E-state index < -0.39 is 8.24 Å². The van der Waals surface area contributed by atoms with Gasteiger partial charge in [0, 0.05) is 23.3 Å². The molecule has 1 fully saturated rings. The molecule has 0 N–H and O–H groups in total. The molecule has 6 rings (SSSR count). The van der Waals surface area contributed by atoms with Crippen LogP contribution in [0.25, 0.3) is 11.0 Å². The van der Waals surface area contributed by atoms with Crippen LogP contribution in [0.1, 0.15) is 49.1 Å². The van der Waals surface area contributed by atoms with Crippen LogP contribution in [-0.2, 0) is 38.8 Å². The maximum atomic E-state index is 7.01. The lowest BCUT2D eigenvalue weighted by Crippen LogP contribution is -2.45.